The maximum Gasteiger partial charge on any atom is 0.345 e. The number of rotatable bonds is 8. The smallest absolute Gasteiger partial charge is 0.345 e. The summed E-state index contributed by atoms with van der Waals surface area (Å²) >= 11 is 0. The van der Waals surface area contributed by atoms with E-state index in [1.165, 1.54) is 6.08 Å². The number of esters is 2. The van der Waals surface area contributed by atoms with Crippen molar-refractivity contribution in [3.63, 3.8) is 0 Å². The lowest BCUT2D eigenvalue weighted by Crippen LogP contribution is -2.18. The second-order valence-corrected chi connectivity index (χ2v) is 4.14. The summed E-state index contributed by atoms with van der Waals surface area (Å²) in [5.74, 6) is -0.858. The first-order valence-corrected chi connectivity index (χ1v) is 7.02. The molecule has 0 aliphatic carbocycles. The Morgan fingerprint density at radius 2 is 1.59 bits per heavy atom. The van der Waals surface area contributed by atoms with Crippen molar-refractivity contribution < 1.29 is 28.9 Å². The first-order valence-electron chi connectivity index (χ1n) is 7.02. The highest BCUT2D eigenvalue weighted by atomic mass is 16.6. The molecular formula is C16H20O6. The first-order chi connectivity index (χ1) is 10.6. The lowest BCUT2D eigenvalue weighted by molar-refractivity contribution is -0.146. The highest BCUT2D eigenvalue weighted by molar-refractivity contribution is 6.17. The van der Waals surface area contributed by atoms with Crippen LogP contribution in [0.4, 0.5) is 0 Å². The summed E-state index contributed by atoms with van der Waals surface area (Å²) < 4.78 is 15.0. The molecule has 0 aliphatic rings. The molecule has 0 spiro atoms. The normalized spacial score (nSPS) is 9.77. The summed E-state index contributed by atoms with van der Waals surface area (Å²) in [7, 11) is 0. The number of aliphatic hydroxyl groups excluding tert-OH is 1. The molecule has 22 heavy (non-hydrogen) atoms. The zero-order chi connectivity index (χ0) is 16.4. The lowest BCUT2D eigenvalue weighted by Gasteiger charge is -2.07. The van der Waals surface area contributed by atoms with Gasteiger partial charge in [-0.2, -0.15) is 0 Å². The number of hydrogen-bond donors (Lipinski definition) is 1. The van der Waals surface area contributed by atoms with Gasteiger partial charge < -0.3 is 19.3 Å². The zero-order valence-corrected chi connectivity index (χ0v) is 12.7. The maximum atomic E-state index is 11.8. The van der Waals surface area contributed by atoms with Crippen molar-refractivity contribution in [2.45, 2.75) is 13.8 Å². The third-order valence-corrected chi connectivity index (χ3v) is 2.54. The predicted molar refractivity (Wildman–Crippen MR) is 80.3 cm³/mol. The van der Waals surface area contributed by atoms with Crippen LogP contribution in [0.3, 0.4) is 0 Å². The van der Waals surface area contributed by atoms with Crippen molar-refractivity contribution in [1.82, 2.24) is 0 Å². The van der Waals surface area contributed by atoms with Crippen LogP contribution < -0.4 is 4.74 Å². The van der Waals surface area contributed by atoms with Crippen LogP contribution in [0.25, 0.3) is 6.08 Å². The molecule has 1 aromatic carbocycles. The summed E-state index contributed by atoms with van der Waals surface area (Å²) in [6.45, 7) is 3.79. The van der Waals surface area contributed by atoms with Gasteiger partial charge >= 0.3 is 11.9 Å². The van der Waals surface area contributed by atoms with Gasteiger partial charge in [0, 0.05) is 0 Å². The molecule has 0 heterocycles. The van der Waals surface area contributed by atoms with Gasteiger partial charge in [-0.15, -0.1) is 0 Å². The molecule has 0 aliphatic heterocycles. The summed E-state index contributed by atoms with van der Waals surface area (Å²) in [6.07, 6.45) is 1.41. The minimum atomic E-state index is -0.721. The van der Waals surface area contributed by atoms with Gasteiger partial charge in [-0.05, 0) is 37.6 Å². The molecule has 1 aromatic rings. The van der Waals surface area contributed by atoms with Gasteiger partial charge in [-0.25, -0.2) is 9.59 Å². The Bertz CT molecular complexity index is 498. The molecule has 0 amide bonds. The molecule has 6 nitrogen and oxygen atoms in total. The molecule has 0 fully saturated rings. The van der Waals surface area contributed by atoms with Crippen molar-refractivity contribution in [3.05, 3.63) is 35.4 Å². The van der Waals surface area contributed by atoms with Crippen LogP contribution in [0.1, 0.15) is 19.4 Å². The highest BCUT2D eigenvalue weighted by Crippen LogP contribution is 2.16. The van der Waals surface area contributed by atoms with Gasteiger partial charge in [-0.3, -0.25) is 0 Å². The Kier molecular flexibility index (Phi) is 7.70. The number of ether oxygens (including phenoxy) is 3. The van der Waals surface area contributed by atoms with Crippen LogP contribution in [0.5, 0.6) is 5.75 Å². The van der Waals surface area contributed by atoms with E-state index in [9.17, 15) is 9.59 Å². The quantitative estimate of drug-likeness (QED) is 0.340. The third kappa shape index (κ3) is 5.57. The van der Waals surface area contributed by atoms with E-state index in [1.807, 2.05) is 0 Å². The molecule has 120 valence electrons. The number of carbonyl (C=O) groups excluding carboxylic acids is 2. The summed E-state index contributed by atoms with van der Waals surface area (Å²) in [6, 6.07) is 6.72. The lowest BCUT2D eigenvalue weighted by atomic mass is 10.1. The predicted octanol–water partition coefficient (Wildman–Crippen LogP) is 1.57. The van der Waals surface area contributed by atoms with Crippen molar-refractivity contribution in [3.8, 4) is 5.75 Å². The largest absolute Gasteiger partial charge is 0.491 e. The van der Waals surface area contributed by atoms with Crippen molar-refractivity contribution >= 4 is 18.0 Å². The van der Waals surface area contributed by atoms with E-state index in [0.29, 0.717) is 11.3 Å². The first kappa shape index (κ1) is 17.7. The van der Waals surface area contributed by atoms with E-state index < -0.39 is 11.9 Å². The topological polar surface area (TPSA) is 82.1 Å². The molecule has 0 atom stereocenters. The molecule has 0 saturated carbocycles. The van der Waals surface area contributed by atoms with Crippen LogP contribution in [0, 0.1) is 0 Å². The molecule has 6 heteroatoms. The maximum absolute atomic E-state index is 11.8. The van der Waals surface area contributed by atoms with E-state index in [0.717, 1.165) is 0 Å². The zero-order valence-electron chi connectivity index (χ0n) is 12.7. The van der Waals surface area contributed by atoms with Gasteiger partial charge in [0.25, 0.3) is 0 Å². The van der Waals surface area contributed by atoms with Gasteiger partial charge in [0.05, 0.1) is 19.8 Å². The van der Waals surface area contributed by atoms with Crippen LogP contribution in [-0.4, -0.2) is 43.5 Å². The van der Waals surface area contributed by atoms with E-state index in [2.05, 4.69) is 0 Å². The van der Waals surface area contributed by atoms with Gasteiger partial charge in [0.15, 0.2) is 0 Å². The Hall–Kier alpha value is -2.34. The van der Waals surface area contributed by atoms with Gasteiger partial charge in [-0.1, -0.05) is 12.1 Å². The average molecular weight is 308 g/mol. The number of aliphatic hydroxyl groups is 1. The Morgan fingerprint density at radius 3 is 2.05 bits per heavy atom. The number of hydrogen-bond acceptors (Lipinski definition) is 6. The average Bonchev–Trinajstić information content (AvgIpc) is 2.52. The fourth-order valence-corrected chi connectivity index (χ4v) is 1.61. The minimum absolute atomic E-state index is 0.0719. The van der Waals surface area contributed by atoms with Gasteiger partial charge in [0.2, 0.25) is 0 Å². The summed E-state index contributed by atoms with van der Waals surface area (Å²) in [5.41, 5.74) is 0.472. The van der Waals surface area contributed by atoms with E-state index >= 15 is 0 Å². The Balaban J connectivity index is 2.95. The van der Waals surface area contributed by atoms with Crippen LogP contribution in [0.15, 0.2) is 29.8 Å². The van der Waals surface area contributed by atoms with E-state index in [4.69, 9.17) is 19.3 Å². The highest BCUT2D eigenvalue weighted by Gasteiger charge is 2.20. The SMILES string of the molecule is CCOC(=O)C(=Cc1ccc(OCCO)cc1)C(=O)OCC. The molecule has 0 bridgehead atoms. The second kappa shape index (κ2) is 9.57. The van der Waals surface area contributed by atoms with E-state index in [1.54, 1.807) is 38.1 Å². The van der Waals surface area contributed by atoms with Crippen LogP contribution in [-0.2, 0) is 19.1 Å². The molecule has 1 N–H and O–H groups in total. The monoisotopic (exact) mass is 308 g/mol. The minimum Gasteiger partial charge on any atom is -0.491 e. The third-order valence-electron chi connectivity index (χ3n) is 2.54. The van der Waals surface area contributed by atoms with Crippen LogP contribution >= 0.6 is 0 Å². The fraction of sp³-hybridized carbons (Fsp3) is 0.375. The molecule has 0 unspecified atom stereocenters. The molecular weight excluding hydrogens is 288 g/mol. The standard InChI is InChI=1S/C16H20O6/c1-3-20-15(18)14(16(19)21-4-2)11-12-5-7-13(8-6-12)22-10-9-17/h5-8,11,17H,3-4,9-10H2,1-2H3. The Morgan fingerprint density at radius 1 is 1.05 bits per heavy atom. The summed E-state index contributed by atoms with van der Waals surface area (Å²) in [5, 5.41) is 8.69. The van der Waals surface area contributed by atoms with Crippen molar-refractivity contribution in [2.24, 2.45) is 0 Å². The molecule has 1 rings (SSSR count). The van der Waals surface area contributed by atoms with Crippen molar-refractivity contribution in [1.29, 1.82) is 0 Å². The molecule has 0 radical (unpaired) electrons. The van der Waals surface area contributed by atoms with Crippen LogP contribution in [0.2, 0.25) is 0 Å². The Labute approximate surface area is 129 Å². The summed E-state index contributed by atoms with van der Waals surface area (Å²) in [4.78, 5) is 23.7. The number of benzene rings is 1. The second-order valence-electron chi connectivity index (χ2n) is 4.14. The number of carbonyl (C=O) groups is 2. The van der Waals surface area contributed by atoms with Gasteiger partial charge in [0.1, 0.15) is 17.9 Å². The molecule has 0 aromatic heterocycles. The molecule has 0 saturated heterocycles. The van der Waals surface area contributed by atoms with E-state index in [-0.39, 0.29) is 32.0 Å². The fourth-order valence-electron chi connectivity index (χ4n) is 1.61. The van der Waals surface area contributed by atoms with Crippen molar-refractivity contribution in [2.75, 3.05) is 26.4 Å².